The zero-order valence-corrected chi connectivity index (χ0v) is 14.3. The number of nitrogens with zero attached hydrogens (tertiary/aromatic N) is 2. The van der Waals surface area contributed by atoms with Crippen LogP contribution in [0.1, 0.15) is 35.6 Å². The Labute approximate surface area is 141 Å². The Hall–Kier alpha value is -2.50. The van der Waals surface area contributed by atoms with Crippen LogP contribution < -0.4 is 10.6 Å². The van der Waals surface area contributed by atoms with Gasteiger partial charge in [-0.25, -0.2) is 14.4 Å². The molecule has 0 aliphatic heterocycles. The first-order valence-electron chi connectivity index (χ1n) is 8.07. The monoisotopic (exact) mass is 330 g/mol. The van der Waals surface area contributed by atoms with Crippen LogP contribution in [-0.4, -0.2) is 29.0 Å². The van der Waals surface area contributed by atoms with Crippen LogP contribution in [0.3, 0.4) is 0 Å². The molecule has 5 nitrogen and oxygen atoms in total. The van der Waals surface area contributed by atoms with Crippen LogP contribution in [0.2, 0.25) is 0 Å². The van der Waals surface area contributed by atoms with Crippen molar-refractivity contribution in [1.29, 1.82) is 0 Å². The third kappa shape index (κ3) is 5.30. The highest BCUT2D eigenvalue weighted by Crippen LogP contribution is 2.08. The van der Waals surface area contributed by atoms with E-state index in [-0.39, 0.29) is 11.7 Å². The molecular formula is C18H23FN4O. The zero-order valence-electron chi connectivity index (χ0n) is 14.3. The van der Waals surface area contributed by atoms with Gasteiger partial charge in [-0.05, 0) is 37.0 Å². The standard InChI is InChI=1S/C18H23FN4O/c1-12(2)11-21-18-22-13(3)10-16(23-18)17(24)20-9-8-14-6-4-5-7-15(14)19/h4-7,10,12H,8-9,11H2,1-3H3,(H,20,24)(H,21,22,23). The van der Waals surface area contributed by atoms with Crippen molar-refractivity contribution in [3.05, 3.63) is 53.1 Å². The number of aromatic nitrogens is 2. The third-order valence-corrected chi connectivity index (χ3v) is 3.39. The Balaban J connectivity index is 1.95. The number of aryl methyl sites for hydroxylation is 1. The van der Waals surface area contributed by atoms with Gasteiger partial charge in [0.2, 0.25) is 5.95 Å². The van der Waals surface area contributed by atoms with Crippen LogP contribution in [0.15, 0.2) is 30.3 Å². The number of amides is 1. The van der Waals surface area contributed by atoms with Crippen LogP contribution in [0.5, 0.6) is 0 Å². The molecule has 0 saturated carbocycles. The van der Waals surface area contributed by atoms with Gasteiger partial charge >= 0.3 is 0 Å². The van der Waals surface area contributed by atoms with E-state index in [4.69, 9.17) is 0 Å². The van der Waals surface area contributed by atoms with E-state index in [9.17, 15) is 9.18 Å². The van der Waals surface area contributed by atoms with Crippen LogP contribution in [0.4, 0.5) is 10.3 Å². The summed E-state index contributed by atoms with van der Waals surface area (Å²) in [7, 11) is 0. The number of rotatable bonds is 7. The number of hydrogen-bond donors (Lipinski definition) is 2. The summed E-state index contributed by atoms with van der Waals surface area (Å²) in [6.45, 7) is 7.06. The Bertz CT molecular complexity index is 703. The lowest BCUT2D eigenvalue weighted by molar-refractivity contribution is 0.0949. The summed E-state index contributed by atoms with van der Waals surface area (Å²) in [6.07, 6.45) is 0.431. The van der Waals surface area contributed by atoms with E-state index in [2.05, 4.69) is 34.4 Å². The van der Waals surface area contributed by atoms with Crippen LogP contribution in [-0.2, 0) is 6.42 Å². The van der Waals surface area contributed by atoms with Crippen LogP contribution in [0, 0.1) is 18.7 Å². The van der Waals surface area contributed by atoms with Gasteiger partial charge in [-0.2, -0.15) is 0 Å². The second kappa shape index (κ2) is 8.38. The molecule has 2 rings (SSSR count). The molecule has 2 N–H and O–H groups in total. The fourth-order valence-corrected chi connectivity index (χ4v) is 2.16. The lowest BCUT2D eigenvalue weighted by Crippen LogP contribution is -2.27. The summed E-state index contributed by atoms with van der Waals surface area (Å²) >= 11 is 0. The summed E-state index contributed by atoms with van der Waals surface area (Å²) in [4.78, 5) is 20.8. The van der Waals surface area contributed by atoms with E-state index in [1.165, 1.54) is 6.07 Å². The van der Waals surface area contributed by atoms with Crippen molar-refractivity contribution in [1.82, 2.24) is 15.3 Å². The van der Waals surface area contributed by atoms with Crippen molar-refractivity contribution in [3.63, 3.8) is 0 Å². The molecule has 0 bridgehead atoms. The minimum atomic E-state index is -0.288. The van der Waals surface area contributed by atoms with Crippen LogP contribution >= 0.6 is 0 Å². The molecule has 2 aromatic rings. The van der Waals surface area contributed by atoms with Gasteiger partial charge in [-0.3, -0.25) is 4.79 Å². The number of carbonyl (C=O) groups is 1. The Morgan fingerprint density at radius 1 is 1.25 bits per heavy atom. The molecule has 0 aliphatic rings. The summed E-state index contributed by atoms with van der Waals surface area (Å²) < 4.78 is 13.6. The van der Waals surface area contributed by atoms with E-state index in [0.29, 0.717) is 36.1 Å². The van der Waals surface area contributed by atoms with Gasteiger partial charge < -0.3 is 10.6 Å². The van der Waals surface area contributed by atoms with Crippen molar-refractivity contribution < 1.29 is 9.18 Å². The molecule has 128 valence electrons. The molecule has 0 aliphatic carbocycles. The fourth-order valence-electron chi connectivity index (χ4n) is 2.16. The van der Waals surface area contributed by atoms with Crippen molar-refractivity contribution in [2.24, 2.45) is 5.92 Å². The topological polar surface area (TPSA) is 66.9 Å². The summed E-state index contributed by atoms with van der Waals surface area (Å²) in [6, 6.07) is 8.19. The van der Waals surface area contributed by atoms with Gasteiger partial charge in [0, 0.05) is 18.8 Å². The highest BCUT2D eigenvalue weighted by molar-refractivity contribution is 5.92. The molecule has 6 heteroatoms. The van der Waals surface area contributed by atoms with Gasteiger partial charge in [0.25, 0.3) is 5.91 Å². The molecule has 1 aromatic heterocycles. The SMILES string of the molecule is Cc1cc(C(=O)NCCc2ccccc2F)nc(NCC(C)C)n1. The molecule has 1 heterocycles. The molecule has 0 fully saturated rings. The number of nitrogens with one attached hydrogen (secondary N) is 2. The number of benzene rings is 1. The number of hydrogen-bond acceptors (Lipinski definition) is 4. The number of carbonyl (C=O) groups excluding carboxylic acids is 1. The van der Waals surface area contributed by atoms with E-state index >= 15 is 0 Å². The fraction of sp³-hybridized carbons (Fsp3) is 0.389. The Morgan fingerprint density at radius 3 is 2.71 bits per heavy atom. The quantitative estimate of drug-likeness (QED) is 0.819. The maximum atomic E-state index is 13.6. The average molecular weight is 330 g/mol. The van der Waals surface area contributed by atoms with Crippen molar-refractivity contribution >= 4 is 11.9 Å². The largest absolute Gasteiger partial charge is 0.354 e. The lowest BCUT2D eigenvalue weighted by Gasteiger charge is -2.10. The summed E-state index contributed by atoms with van der Waals surface area (Å²) in [5, 5.41) is 5.89. The summed E-state index contributed by atoms with van der Waals surface area (Å²) in [5.41, 5.74) is 1.61. The third-order valence-electron chi connectivity index (χ3n) is 3.39. The number of anilines is 1. The second-order valence-corrected chi connectivity index (χ2v) is 6.09. The van der Waals surface area contributed by atoms with E-state index in [1.54, 1.807) is 24.3 Å². The van der Waals surface area contributed by atoms with Gasteiger partial charge in [0.15, 0.2) is 0 Å². The van der Waals surface area contributed by atoms with Gasteiger partial charge in [0.05, 0.1) is 0 Å². The minimum absolute atomic E-state index is 0.259. The predicted molar refractivity (Wildman–Crippen MR) is 92.5 cm³/mol. The Morgan fingerprint density at radius 2 is 2.00 bits per heavy atom. The zero-order chi connectivity index (χ0) is 17.5. The molecular weight excluding hydrogens is 307 g/mol. The highest BCUT2D eigenvalue weighted by Gasteiger charge is 2.11. The normalized spacial score (nSPS) is 10.7. The summed E-state index contributed by atoms with van der Waals surface area (Å²) in [5.74, 6) is 0.351. The van der Waals surface area contributed by atoms with Crippen molar-refractivity contribution in [2.75, 3.05) is 18.4 Å². The minimum Gasteiger partial charge on any atom is -0.354 e. The van der Waals surface area contributed by atoms with Crippen LogP contribution in [0.25, 0.3) is 0 Å². The molecule has 0 radical (unpaired) electrons. The first-order chi connectivity index (χ1) is 11.5. The molecule has 1 aromatic carbocycles. The number of halogens is 1. The highest BCUT2D eigenvalue weighted by atomic mass is 19.1. The van der Waals surface area contributed by atoms with Gasteiger partial charge in [0.1, 0.15) is 11.5 Å². The Kier molecular flexibility index (Phi) is 6.23. The molecule has 1 amide bonds. The predicted octanol–water partition coefficient (Wildman–Crippen LogP) is 2.96. The first-order valence-corrected chi connectivity index (χ1v) is 8.07. The molecule has 0 spiro atoms. The second-order valence-electron chi connectivity index (χ2n) is 6.09. The maximum absolute atomic E-state index is 13.6. The molecule has 24 heavy (non-hydrogen) atoms. The van der Waals surface area contributed by atoms with E-state index < -0.39 is 0 Å². The smallest absolute Gasteiger partial charge is 0.270 e. The van der Waals surface area contributed by atoms with E-state index in [0.717, 1.165) is 12.2 Å². The molecule has 0 unspecified atom stereocenters. The van der Waals surface area contributed by atoms with Gasteiger partial charge in [-0.1, -0.05) is 32.0 Å². The lowest BCUT2D eigenvalue weighted by atomic mass is 10.1. The molecule has 0 atom stereocenters. The van der Waals surface area contributed by atoms with E-state index in [1.807, 2.05) is 6.92 Å². The molecule has 0 saturated heterocycles. The van der Waals surface area contributed by atoms with Crippen molar-refractivity contribution in [2.45, 2.75) is 27.2 Å². The van der Waals surface area contributed by atoms with Gasteiger partial charge in [-0.15, -0.1) is 0 Å². The average Bonchev–Trinajstić information content (AvgIpc) is 2.54. The van der Waals surface area contributed by atoms with Crippen molar-refractivity contribution in [3.8, 4) is 0 Å². The maximum Gasteiger partial charge on any atom is 0.270 e. The first kappa shape index (κ1) is 17.8.